The van der Waals surface area contributed by atoms with Gasteiger partial charge in [0, 0.05) is 32.7 Å². The predicted molar refractivity (Wildman–Crippen MR) is 79.5 cm³/mol. The zero-order chi connectivity index (χ0) is 14.5. The van der Waals surface area contributed by atoms with Crippen molar-refractivity contribution >= 4 is 17.2 Å². The summed E-state index contributed by atoms with van der Waals surface area (Å²) in [5.74, 6) is 0.705. The molecule has 6 heteroatoms. The van der Waals surface area contributed by atoms with E-state index in [0.717, 1.165) is 19.5 Å². The molecule has 112 valence electrons. The van der Waals surface area contributed by atoms with E-state index in [1.54, 1.807) is 7.11 Å². The van der Waals surface area contributed by atoms with Gasteiger partial charge in [0.05, 0.1) is 13.2 Å². The Hall–Kier alpha value is -1.11. The largest absolute Gasteiger partial charge is 0.495 e. The number of nitrogens with zero attached hydrogens (tertiary/aromatic N) is 2. The van der Waals surface area contributed by atoms with E-state index in [-0.39, 0.29) is 12.0 Å². The maximum Gasteiger partial charge on any atom is 0.267 e. The van der Waals surface area contributed by atoms with E-state index in [0.29, 0.717) is 30.3 Å². The lowest BCUT2D eigenvalue weighted by molar-refractivity contribution is 0.0525. The van der Waals surface area contributed by atoms with E-state index < -0.39 is 0 Å². The molecule has 2 heterocycles. The second-order valence-electron chi connectivity index (χ2n) is 4.97. The second-order valence-corrected chi connectivity index (χ2v) is 5.89. The van der Waals surface area contributed by atoms with Crippen LogP contribution in [0.5, 0.6) is 5.75 Å². The van der Waals surface area contributed by atoms with Gasteiger partial charge in [0.15, 0.2) is 0 Å². The zero-order valence-corrected chi connectivity index (χ0v) is 12.9. The van der Waals surface area contributed by atoms with E-state index in [9.17, 15) is 9.90 Å². The number of carbonyl (C=O) groups is 1. The molecule has 1 aromatic heterocycles. The van der Waals surface area contributed by atoms with Gasteiger partial charge in [-0.3, -0.25) is 9.69 Å². The Morgan fingerprint density at radius 2 is 2.15 bits per heavy atom. The van der Waals surface area contributed by atoms with Gasteiger partial charge in [-0.2, -0.15) is 0 Å². The maximum absolute atomic E-state index is 12.4. The van der Waals surface area contributed by atoms with E-state index in [2.05, 4.69) is 4.90 Å². The molecule has 1 amide bonds. The number of aliphatic hydroxyl groups excluding tert-OH is 1. The summed E-state index contributed by atoms with van der Waals surface area (Å²) in [4.78, 5) is 17.2. The monoisotopic (exact) mass is 298 g/mol. The van der Waals surface area contributed by atoms with Crippen molar-refractivity contribution in [1.82, 2.24) is 9.80 Å². The third-order valence-electron chi connectivity index (χ3n) is 3.64. The second kappa shape index (κ2) is 7.06. The number of amides is 1. The first kappa shape index (κ1) is 15.3. The van der Waals surface area contributed by atoms with Crippen LogP contribution in [0.4, 0.5) is 0 Å². The number of hydrogen-bond acceptors (Lipinski definition) is 5. The summed E-state index contributed by atoms with van der Waals surface area (Å²) >= 11 is 1.42. The van der Waals surface area contributed by atoms with Gasteiger partial charge in [-0.05, 0) is 17.9 Å². The molecule has 0 radical (unpaired) electrons. The Morgan fingerprint density at radius 3 is 2.75 bits per heavy atom. The van der Waals surface area contributed by atoms with Gasteiger partial charge in [-0.25, -0.2) is 0 Å². The first-order valence-electron chi connectivity index (χ1n) is 6.96. The first-order chi connectivity index (χ1) is 9.65. The molecule has 20 heavy (non-hydrogen) atoms. The number of carbonyl (C=O) groups excluding carboxylic acids is 1. The highest BCUT2D eigenvalue weighted by molar-refractivity contribution is 7.12. The molecule has 1 atom stereocenters. The topological polar surface area (TPSA) is 53.0 Å². The SMILES string of the molecule is CC[C@H](O)CN1CCN(C(=O)c2sccc2OC)CC1. The van der Waals surface area contributed by atoms with Crippen LogP contribution in [0.15, 0.2) is 11.4 Å². The minimum absolute atomic E-state index is 0.0486. The first-order valence-corrected chi connectivity index (χ1v) is 7.84. The van der Waals surface area contributed by atoms with Crippen molar-refractivity contribution < 1.29 is 14.6 Å². The van der Waals surface area contributed by atoms with Crippen molar-refractivity contribution in [3.63, 3.8) is 0 Å². The highest BCUT2D eigenvalue weighted by Crippen LogP contribution is 2.26. The lowest BCUT2D eigenvalue weighted by Gasteiger charge is -2.35. The van der Waals surface area contributed by atoms with Crippen LogP contribution in [0.2, 0.25) is 0 Å². The lowest BCUT2D eigenvalue weighted by Crippen LogP contribution is -2.50. The molecule has 5 nitrogen and oxygen atoms in total. The van der Waals surface area contributed by atoms with Crippen LogP contribution in [-0.4, -0.2) is 66.8 Å². The van der Waals surface area contributed by atoms with Gasteiger partial charge in [0.2, 0.25) is 0 Å². The molecule has 1 fully saturated rings. The standard InChI is InChI=1S/C14H22N2O3S/c1-3-11(17)10-15-5-7-16(8-6-15)14(18)13-12(19-2)4-9-20-13/h4,9,11,17H,3,5-8,10H2,1-2H3/t11-/m0/s1. The smallest absolute Gasteiger partial charge is 0.267 e. The van der Waals surface area contributed by atoms with Crippen molar-refractivity contribution in [2.75, 3.05) is 39.8 Å². The molecule has 0 saturated carbocycles. The highest BCUT2D eigenvalue weighted by Gasteiger charge is 2.25. The molecule has 0 aromatic carbocycles. The fraction of sp³-hybridized carbons (Fsp3) is 0.643. The maximum atomic E-state index is 12.4. The van der Waals surface area contributed by atoms with Crippen molar-refractivity contribution in [2.45, 2.75) is 19.4 Å². The fourth-order valence-corrected chi connectivity index (χ4v) is 3.14. The average molecular weight is 298 g/mol. The molecule has 1 aromatic rings. The van der Waals surface area contributed by atoms with Crippen LogP contribution in [0.3, 0.4) is 0 Å². The summed E-state index contributed by atoms with van der Waals surface area (Å²) in [6.07, 6.45) is 0.501. The zero-order valence-electron chi connectivity index (χ0n) is 12.0. The van der Waals surface area contributed by atoms with Gasteiger partial charge in [0.25, 0.3) is 5.91 Å². The quantitative estimate of drug-likeness (QED) is 0.890. The normalized spacial score (nSPS) is 18.1. The van der Waals surface area contributed by atoms with Crippen molar-refractivity contribution in [1.29, 1.82) is 0 Å². The summed E-state index contributed by atoms with van der Waals surface area (Å²) in [6, 6.07) is 1.83. The summed E-state index contributed by atoms with van der Waals surface area (Å²) in [5, 5.41) is 11.5. The van der Waals surface area contributed by atoms with E-state index in [1.165, 1.54) is 11.3 Å². The fourth-order valence-electron chi connectivity index (χ4n) is 2.32. The molecule has 1 aliphatic heterocycles. The van der Waals surface area contributed by atoms with Crippen LogP contribution < -0.4 is 4.74 Å². The molecule has 2 rings (SSSR count). The van der Waals surface area contributed by atoms with Gasteiger partial charge >= 0.3 is 0 Å². The predicted octanol–water partition coefficient (Wildman–Crippen LogP) is 1.29. The third-order valence-corrected chi connectivity index (χ3v) is 4.53. The molecule has 0 spiro atoms. The van der Waals surface area contributed by atoms with Crippen LogP contribution in [0.1, 0.15) is 23.0 Å². The van der Waals surface area contributed by atoms with E-state index in [1.807, 2.05) is 23.3 Å². The van der Waals surface area contributed by atoms with Crippen molar-refractivity contribution in [3.05, 3.63) is 16.3 Å². The number of β-amino-alcohol motifs (C(OH)–C–C–N with tert-alkyl or cyclic N) is 1. The number of hydrogen-bond donors (Lipinski definition) is 1. The van der Waals surface area contributed by atoms with Crippen molar-refractivity contribution in [2.24, 2.45) is 0 Å². The van der Waals surface area contributed by atoms with Crippen LogP contribution in [0, 0.1) is 0 Å². The Kier molecular flexibility index (Phi) is 5.39. The van der Waals surface area contributed by atoms with Gasteiger partial charge < -0.3 is 14.7 Å². The summed E-state index contributed by atoms with van der Waals surface area (Å²) < 4.78 is 5.21. The van der Waals surface area contributed by atoms with Crippen LogP contribution in [-0.2, 0) is 0 Å². The molecular weight excluding hydrogens is 276 g/mol. The molecule has 0 bridgehead atoms. The summed E-state index contributed by atoms with van der Waals surface area (Å²) in [7, 11) is 1.59. The highest BCUT2D eigenvalue weighted by atomic mass is 32.1. The molecule has 0 aliphatic carbocycles. The summed E-state index contributed by atoms with van der Waals surface area (Å²) in [6.45, 7) is 5.72. The van der Waals surface area contributed by atoms with Crippen LogP contribution >= 0.6 is 11.3 Å². The van der Waals surface area contributed by atoms with Crippen LogP contribution in [0.25, 0.3) is 0 Å². The van der Waals surface area contributed by atoms with Gasteiger partial charge in [-0.15, -0.1) is 11.3 Å². The van der Waals surface area contributed by atoms with E-state index in [4.69, 9.17) is 4.74 Å². The number of rotatable bonds is 5. The van der Waals surface area contributed by atoms with Gasteiger partial charge in [0.1, 0.15) is 10.6 Å². The minimum atomic E-state index is -0.269. The molecule has 1 saturated heterocycles. The summed E-state index contributed by atoms with van der Waals surface area (Å²) in [5.41, 5.74) is 0. The third kappa shape index (κ3) is 3.50. The number of methoxy groups -OCH3 is 1. The van der Waals surface area contributed by atoms with Gasteiger partial charge in [-0.1, -0.05) is 6.92 Å². The number of thiophene rings is 1. The minimum Gasteiger partial charge on any atom is -0.495 e. The number of ether oxygens (including phenoxy) is 1. The molecule has 1 N–H and O–H groups in total. The van der Waals surface area contributed by atoms with E-state index >= 15 is 0 Å². The Balaban J connectivity index is 1.89. The lowest BCUT2D eigenvalue weighted by atomic mass is 10.2. The Bertz CT molecular complexity index is 441. The number of piperazine rings is 1. The Labute approximate surface area is 123 Å². The number of aliphatic hydroxyl groups is 1. The van der Waals surface area contributed by atoms with Crippen molar-refractivity contribution in [3.8, 4) is 5.75 Å². The average Bonchev–Trinajstić information content (AvgIpc) is 2.95. The molecule has 0 unspecified atom stereocenters. The molecular formula is C14H22N2O3S. The Morgan fingerprint density at radius 1 is 1.45 bits per heavy atom. The molecule has 1 aliphatic rings.